The van der Waals surface area contributed by atoms with Crippen molar-refractivity contribution in [1.82, 2.24) is 15.0 Å². The summed E-state index contributed by atoms with van der Waals surface area (Å²) in [5, 5.41) is 3.47. The summed E-state index contributed by atoms with van der Waals surface area (Å²) in [6, 6.07) is 12.5. The first-order valence-corrected chi connectivity index (χ1v) is 11.8. The Labute approximate surface area is 207 Å². The quantitative estimate of drug-likeness (QED) is 0.308. The van der Waals surface area contributed by atoms with Gasteiger partial charge in [-0.1, -0.05) is 39.0 Å². The van der Waals surface area contributed by atoms with E-state index in [1.807, 2.05) is 39.8 Å². The molecule has 0 spiro atoms. The number of amides is 1. The Morgan fingerprint density at radius 2 is 1.89 bits per heavy atom. The molecule has 0 radical (unpaired) electrons. The number of nitrogens with zero attached hydrogens (tertiary/aromatic N) is 3. The third kappa shape index (κ3) is 5.51. The Bertz CT molecular complexity index is 1400. The number of hydrogen-bond acceptors (Lipinski definition) is 7. The molecule has 35 heavy (non-hydrogen) atoms. The smallest absolute Gasteiger partial charge is 0.232 e. The van der Waals surface area contributed by atoms with Gasteiger partial charge in [0.15, 0.2) is 5.82 Å². The third-order valence-electron chi connectivity index (χ3n) is 5.22. The SMILES string of the molecule is COc1ncc(C)cc1SNc1cccc(-c2ccc3nc(NC(=O)C(C)(C)C)ncc3c2)c1F. The van der Waals surface area contributed by atoms with Gasteiger partial charge in [0.05, 0.1) is 23.2 Å². The average molecular weight is 492 g/mol. The van der Waals surface area contributed by atoms with Gasteiger partial charge in [-0.3, -0.25) is 10.1 Å². The zero-order valence-electron chi connectivity index (χ0n) is 20.1. The van der Waals surface area contributed by atoms with Crippen molar-refractivity contribution in [3.63, 3.8) is 0 Å². The molecule has 2 aromatic heterocycles. The number of rotatable bonds is 6. The number of carbonyl (C=O) groups is 1. The highest BCUT2D eigenvalue weighted by Crippen LogP contribution is 2.34. The molecule has 7 nitrogen and oxygen atoms in total. The fourth-order valence-electron chi connectivity index (χ4n) is 3.25. The normalized spacial score (nSPS) is 11.4. The molecule has 0 saturated carbocycles. The van der Waals surface area contributed by atoms with Crippen LogP contribution < -0.4 is 14.8 Å². The summed E-state index contributed by atoms with van der Waals surface area (Å²) < 4.78 is 23.8. The zero-order valence-corrected chi connectivity index (χ0v) is 21.0. The van der Waals surface area contributed by atoms with E-state index in [2.05, 4.69) is 25.0 Å². The predicted octanol–water partition coefficient (Wildman–Crippen LogP) is 6.25. The van der Waals surface area contributed by atoms with Gasteiger partial charge < -0.3 is 9.46 Å². The highest BCUT2D eigenvalue weighted by atomic mass is 32.2. The van der Waals surface area contributed by atoms with Crippen LogP contribution in [0.25, 0.3) is 22.0 Å². The minimum Gasteiger partial charge on any atom is -0.480 e. The Balaban J connectivity index is 1.58. The molecule has 0 aliphatic heterocycles. The second-order valence-electron chi connectivity index (χ2n) is 9.06. The number of benzene rings is 2. The number of methoxy groups -OCH3 is 1. The zero-order chi connectivity index (χ0) is 25.2. The number of aryl methyl sites for hydroxylation is 1. The lowest BCUT2D eigenvalue weighted by atomic mass is 9.96. The molecule has 0 bridgehead atoms. The number of carbonyl (C=O) groups excluding carboxylic acids is 1. The molecule has 4 rings (SSSR count). The van der Waals surface area contributed by atoms with E-state index in [9.17, 15) is 4.79 Å². The van der Waals surface area contributed by atoms with Crippen LogP contribution >= 0.6 is 11.9 Å². The molecular weight excluding hydrogens is 465 g/mol. The Kier molecular flexibility index (Phi) is 6.88. The van der Waals surface area contributed by atoms with Crippen molar-refractivity contribution in [3.8, 4) is 17.0 Å². The monoisotopic (exact) mass is 491 g/mol. The molecule has 9 heteroatoms. The fraction of sp³-hybridized carbons (Fsp3) is 0.231. The van der Waals surface area contributed by atoms with E-state index >= 15 is 4.39 Å². The minimum absolute atomic E-state index is 0.170. The lowest BCUT2D eigenvalue weighted by Crippen LogP contribution is -2.28. The fourth-order valence-corrected chi connectivity index (χ4v) is 4.10. The molecule has 0 atom stereocenters. The molecule has 180 valence electrons. The van der Waals surface area contributed by atoms with Crippen LogP contribution in [0, 0.1) is 18.2 Å². The van der Waals surface area contributed by atoms with Gasteiger partial charge in [-0.2, -0.15) is 0 Å². The van der Waals surface area contributed by atoms with Crippen LogP contribution in [0.15, 0.2) is 59.8 Å². The van der Waals surface area contributed by atoms with E-state index in [4.69, 9.17) is 4.74 Å². The summed E-state index contributed by atoms with van der Waals surface area (Å²) in [6.45, 7) is 7.39. The number of aromatic nitrogens is 3. The number of halogens is 1. The highest BCUT2D eigenvalue weighted by molar-refractivity contribution is 8.00. The summed E-state index contributed by atoms with van der Waals surface area (Å²) in [6.07, 6.45) is 3.34. The van der Waals surface area contributed by atoms with Crippen molar-refractivity contribution < 1.29 is 13.9 Å². The highest BCUT2D eigenvalue weighted by Gasteiger charge is 2.22. The maximum absolute atomic E-state index is 15.4. The van der Waals surface area contributed by atoms with E-state index in [0.717, 1.165) is 15.8 Å². The lowest BCUT2D eigenvalue weighted by Gasteiger charge is -2.16. The van der Waals surface area contributed by atoms with E-state index in [1.165, 1.54) is 11.9 Å². The van der Waals surface area contributed by atoms with Gasteiger partial charge in [0, 0.05) is 28.8 Å². The van der Waals surface area contributed by atoms with Gasteiger partial charge in [-0.05, 0) is 54.3 Å². The number of ether oxygens (including phenoxy) is 1. The predicted molar refractivity (Wildman–Crippen MR) is 138 cm³/mol. The van der Waals surface area contributed by atoms with Crippen molar-refractivity contribution >= 4 is 40.4 Å². The van der Waals surface area contributed by atoms with E-state index in [-0.39, 0.29) is 17.7 Å². The number of anilines is 2. The first-order chi connectivity index (χ1) is 16.7. The lowest BCUT2D eigenvalue weighted by molar-refractivity contribution is -0.123. The van der Waals surface area contributed by atoms with Gasteiger partial charge >= 0.3 is 0 Å². The number of nitrogens with one attached hydrogen (secondary N) is 2. The molecule has 0 fully saturated rings. The van der Waals surface area contributed by atoms with Crippen molar-refractivity contribution in [2.24, 2.45) is 5.41 Å². The van der Waals surface area contributed by atoms with Gasteiger partial charge in [0.1, 0.15) is 0 Å². The maximum Gasteiger partial charge on any atom is 0.232 e. The number of fused-ring (bicyclic) bond motifs is 1. The van der Waals surface area contributed by atoms with Gasteiger partial charge in [-0.15, -0.1) is 0 Å². The molecule has 0 aliphatic rings. The molecule has 4 aromatic rings. The Hall–Kier alpha value is -3.72. The molecule has 0 saturated heterocycles. The van der Waals surface area contributed by atoms with Gasteiger partial charge in [-0.25, -0.2) is 19.3 Å². The van der Waals surface area contributed by atoms with Crippen molar-refractivity contribution in [2.45, 2.75) is 32.6 Å². The molecule has 0 unspecified atom stereocenters. The van der Waals surface area contributed by atoms with Crippen LogP contribution in [-0.2, 0) is 4.79 Å². The van der Waals surface area contributed by atoms with Crippen LogP contribution in [0.1, 0.15) is 26.3 Å². The molecular formula is C26H26FN5O2S. The standard InChI is InChI=1S/C26H26FN5O2S/c1-15-11-21(23(34-5)28-13-15)35-32-20-8-6-7-18(22(20)27)16-9-10-19-17(12-16)14-29-25(30-19)31-24(33)26(2,3)4/h6-14,32H,1-5H3,(H,29,30,31,33). The largest absolute Gasteiger partial charge is 0.480 e. The topological polar surface area (TPSA) is 89.0 Å². The summed E-state index contributed by atoms with van der Waals surface area (Å²) in [4.78, 5) is 25.9. The second kappa shape index (κ2) is 9.87. The third-order valence-corrected chi connectivity index (χ3v) is 6.05. The van der Waals surface area contributed by atoms with E-state index in [1.54, 1.807) is 49.8 Å². The average Bonchev–Trinajstić information content (AvgIpc) is 2.82. The summed E-state index contributed by atoms with van der Waals surface area (Å²) >= 11 is 1.24. The van der Waals surface area contributed by atoms with Crippen LogP contribution in [0.5, 0.6) is 5.88 Å². The summed E-state index contributed by atoms with van der Waals surface area (Å²) in [7, 11) is 1.55. The molecule has 0 aliphatic carbocycles. The molecule has 2 N–H and O–H groups in total. The number of hydrogen-bond donors (Lipinski definition) is 2. The van der Waals surface area contributed by atoms with E-state index in [0.29, 0.717) is 28.2 Å². The first kappa shape index (κ1) is 24.4. The first-order valence-electron chi connectivity index (χ1n) is 11.0. The second-order valence-corrected chi connectivity index (χ2v) is 9.91. The van der Waals surface area contributed by atoms with Crippen LogP contribution in [0.3, 0.4) is 0 Å². The Morgan fingerprint density at radius 1 is 1.09 bits per heavy atom. The van der Waals surface area contributed by atoms with Crippen LogP contribution in [0.4, 0.5) is 16.0 Å². The minimum atomic E-state index is -0.558. The molecule has 1 amide bonds. The van der Waals surface area contributed by atoms with Crippen molar-refractivity contribution in [3.05, 3.63) is 66.2 Å². The van der Waals surface area contributed by atoms with Crippen molar-refractivity contribution in [2.75, 3.05) is 17.1 Å². The van der Waals surface area contributed by atoms with Gasteiger partial charge in [0.2, 0.25) is 17.7 Å². The number of pyridine rings is 1. The van der Waals surface area contributed by atoms with Crippen molar-refractivity contribution in [1.29, 1.82) is 0 Å². The Morgan fingerprint density at radius 3 is 2.63 bits per heavy atom. The van der Waals surface area contributed by atoms with Crippen LogP contribution in [-0.4, -0.2) is 28.0 Å². The van der Waals surface area contributed by atoms with Crippen LogP contribution in [0.2, 0.25) is 0 Å². The molecule has 2 heterocycles. The van der Waals surface area contributed by atoms with E-state index < -0.39 is 5.41 Å². The molecule has 2 aromatic carbocycles. The summed E-state index contributed by atoms with van der Waals surface area (Å²) in [5.74, 6) is 0.156. The summed E-state index contributed by atoms with van der Waals surface area (Å²) in [5.41, 5.74) is 2.54. The van der Waals surface area contributed by atoms with Gasteiger partial charge in [0.25, 0.3) is 0 Å². The maximum atomic E-state index is 15.4.